The zero-order chi connectivity index (χ0) is 12.6. The van der Waals surface area contributed by atoms with Crippen molar-refractivity contribution < 1.29 is 9.15 Å². The maximum Gasteiger partial charge on any atom is 0.289 e. The predicted molar refractivity (Wildman–Crippen MR) is 65.3 cm³/mol. The lowest BCUT2D eigenvalue weighted by Gasteiger charge is -2.31. The van der Waals surface area contributed by atoms with E-state index in [9.17, 15) is 0 Å². The molecule has 0 aromatic rings. The number of rotatable bonds is 8. The highest BCUT2D eigenvalue weighted by Crippen LogP contribution is 2.36. The lowest BCUT2D eigenvalue weighted by molar-refractivity contribution is -0.112. The Bertz CT molecular complexity index is 215. The van der Waals surface area contributed by atoms with Crippen LogP contribution in [0.5, 0.6) is 0 Å². The molecule has 0 aliphatic rings. The zero-order valence-corrected chi connectivity index (χ0v) is 11.8. The molecular formula is C9H19ClN3O2P. The molecule has 0 bridgehead atoms. The van der Waals surface area contributed by atoms with Gasteiger partial charge in [-0.15, -0.1) is 0 Å². The molecule has 0 radical (unpaired) electrons. The van der Waals surface area contributed by atoms with Crippen LogP contribution in [0.4, 0.5) is 0 Å². The molecule has 0 aromatic heterocycles. The highest BCUT2D eigenvalue weighted by Gasteiger charge is 2.21. The summed E-state index contributed by atoms with van der Waals surface area (Å²) in [6.07, 6.45) is 0.324. The quantitative estimate of drug-likeness (QED) is 0.317. The van der Waals surface area contributed by atoms with E-state index < -0.39 is 8.53 Å². The first-order chi connectivity index (χ1) is 7.52. The van der Waals surface area contributed by atoms with Gasteiger partial charge in [0.1, 0.15) is 0 Å². The molecule has 0 aliphatic heterocycles. The average Bonchev–Trinajstić information content (AvgIpc) is 2.22. The van der Waals surface area contributed by atoms with Gasteiger partial charge in [0, 0.05) is 12.1 Å². The molecule has 5 nitrogen and oxygen atoms in total. The van der Waals surface area contributed by atoms with E-state index in [0.29, 0.717) is 13.0 Å². The molecule has 0 aromatic carbocycles. The molecule has 1 atom stereocenters. The van der Waals surface area contributed by atoms with Gasteiger partial charge >= 0.3 is 0 Å². The fourth-order valence-electron chi connectivity index (χ4n) is 1.11. The van der Waals surface area contributed by atoms with Crippen molar-refractivity contribution in [3.63, 3.8) is 0 Å². The van der Waals surface area contributed by atoms with E-state index >= 15 is 0 Å². The Balaban J connectivity index is 4.11. The van der Waals surface area contributed by atoms with E-state index in [1.54, 1.807) is 0 Å². The summed E-state index contributed by atoms with van der Waals surface area (Å²) in [5, 5.41) is 10.2. The first-order valence-electron chi connectivity index (χ1n) is 5.15. The molecule has 0 saturated carbocycles. The summed E-state index contributed by atoms with van der Waals surface area (Å²) in [5.41, 5.74) is 0. The van der Waals surface area contributed by atoms with Crippen LogP contribution < -0.4 is 4.61 Å². The maximum atomic E-state index is 8.38. The van der Waals surface area contributed by atoms with Crippen LogP contribution in [0.2, 0.25) is 0 Å². The number of nitrogens with zero attached hydrogens (tertiary/aromatic N) is 2. The minimum absolute atomic E-state index is 0.231. The van der Waals surface area contributed by atoms with Gasteiger partial charge in [-0.25, -0.2) is 4.62 Å². The second kappa shape index (κ2) is 9.12. The highest BCUT2D eigenvalue weighted by atomic mass is 35.5. The second-order valence-corrected chi connectivity index (χ2v) is 5.32. The van der Waals surface area contributed by atoms with Crippen LogP contribution in [-0.2, 0) is 9.15 Å². The summed E-state index contributed by atoms with van der Waals surface area (Å²) in [7, 11) is -1.38. The van der Waals surface area contributed by atoms with Crippen LogP contribution in [0.15, 0.2) is 0 Å². The average molecular weight is 268 g/mol. The summed E-state index contributed by atoms with van der Waals surface area (Å²) in [4.78, 5) is 0. The number of hydrogen-bond acceptors (Lipinski definition) is 5. The van der Waals surface area contributed by atoms with E-state index in [4.69, 9.17) is 26.2 Å². The number of hydroxylamine groups is 2. The molecule has 0 aliphatic carbocycles. The number of nitrogens with one attached hydrogen (secondary N) is 1. The van der Waals surface area contributed by atoms with Crippen molar-refractivity contribution in [3.05, 3.63) is 0 Å². The van der Waals surface area contributed by atoms with Crippen molar-refractivity contribution in [2.75, 3.05) is 6.61 Å². The summed E-state index contributed by atoms with van der Waals surface area (Å²) in [6, 6.07) is 2.45. The number of hydrogen-bond donors (Lipinski definition) is 1. The Labute approximate surface area is 104 Å². The minimum Gasteiger partial charge on any atom is -0.319 e. The normalized spacial score (nSPS) is 13.4. The van der Waals surface area contributed by atoms with Crippen molar-refractivity contribution in [3.8, 4) is 6.07 Å². The van der Waals surface area contributed by atoms with E-state index in [2.05, 4.69) is 4.61 Å². The van der Waals surface area contributed by atoms with Crippen LogP contribution in [0.3, 0.4) is 0 Å². The molecular weight excluding hydrogens is 249 g/mol. The second-order valence-electron chi connectivity index (χ2n) is 3.71. The first kappa shape index (κ1) is 16.1. The minimum atomic E-state index is -1.38. The third kappa shape index (κ3) is 6.59. The Morgan fingerprint density at radius 1 is 1.38 bits per heavy atom. The fraction of sp³-hybridized carbons (Fsp3) is 0.889. The standard InChI is InChI=1S/C9H19ClN3O2P/c1-8(2)13(9(3)4)15-16(12-10)14-7-5-6-11/h8-9,12H,5,7H2,1-4H3. The summed E-state index contributed by atoms with van der Waals surface area (Å²) < 4.78 is 13.3. The largest absolute Gasteiger partial charge is 0.319 e. The molecule has 7 heteroatoms. The van der Waals surface area contributed by atoms with Crippen LogP contribution in [0, 0.1) is 11.3 Å². The van der Waals surface area contributed by atoms with E-state index in [0.717, 1.165) is 0 Å². The van der Waals surface area contributed by atoms with Crippen molar-refractivity contribution in [2.45, 2.75) is 46.2 Å². The van der Waals surface area contributed by atoms with Gasteiger partial charge in [0.25, 0.3) is 8.53 Å². The van der Waals surface area contributed by atoms with Gasteiger partial charge in [0.05, 0.1) is 19.1 Å². The smallest absolute Gasteiger partial charge is 0.289 e. The van der Waals surface area contributed by atoms with Crippen molar-refractivity contribution in [1.82, 2.24) is 9.67 Å². The summed E-state index contributed by atoms with van der Waals surface area (Å²) >= 11 is 5.52. The maximum absolute atomic E-state index is 8.38. The molecule has 0 rings (SSSR count). The van der Waals surface area contributed by atoms with Crippen molar-refractivity contribution in [2.24, 2.45) is 0 Å². The fourth-order valence-corrected chi connectivity index (χ4v) is 2.28. The SMILES string of the molecule is CC(C)N(OP(NCl)OCCC#N)C(C)C. The first-order valence-corrected chi connectivity index (χ1v) is 6.71. The molecule has 1 unspecified atom stereocenters. The van der Waals surface area contributed by atoms with Gasteiger partial charge in [-0.2, -0.15) is 14.9 Å². The van der Waals surface area contributed by atoms with Gasteiger partial charge in [-0.3, -0.25) is 0 Å². The molecule has 1 N–H and O–H groups in total. The van der Waals surface area contributed by atoms with Gasteiger partial charge in [-0.05, 0) is 39.5 Å². The zero-order valence-electron chi connectivity index (χ0n) is 10.1. The lowest BCUT2D eigenvalue weighted by Crippen LogP contribution is -2.36. The topological polar surface area (TPSA) is 57.5 Å². The Morgan fingerprint density at radius 2 is 1.94 bits per heavy atom. The Morgan fingerprint density at radius 3 is 2.31 bits per heavy atom. The van der Waals surface area contributed by atoms with Gasteiger partial charge in [-0.1, -0.05) is 0 Å². The molecule has 0 saturated heterocycles. The molecule has 94 valence electrons. The Hall–Kier alpha value is 0.0500. The molecule has 0 heterocycles. The van der Waals surface area contributed by atoms with Gasteiger partial charge in [0.2, 0.25) is 0 Å². The highest BCUT2D eigenvalue weighted by molar-refractivity contribution is 7.46. The summed E-state index contributed by atoms with van der Waals surface area (Å²) in [6.45, 7) is 8.41. The van der Waals surface area contributed by atoms with E-state index in [1.807, 2.05) is 38.8 Å². The molecule has 16 heavy (non-hydrogen) atoms. The predicted octanol–water partition coefficient (Wildman–Crippen LogP) is 2.94. The molecule has 0 fully saturated rings. The Kier molecular flexibility index (Phi) is 9.15. The lowest BCUT2D eigenvalue weighted by atomic mass is 10.3. The van der Waals surface area contributed by atoms with Crippen LogP contribution in [0.1, 0.15) is 34.1 Å². The van der Waals surface area contributed by atoms with Crippen molar-refractivity contribution >= 4 is 20.3 Å². The number of nitriles is 1. The van der Waals surface area contributed by atoms with Crippen LogP contribution in [-0.4, -0.2) is 23.8 Å². The molecule has 0 amide bonds. The van der Waals surface area contributed by atoms with E-state index in [-0.39, 0.29) is 12.1 Å². The molecule has 0 spiro atoms. The van der Waals surface area contributed by atoms with E-state index in [1.165, 1.54) is 0 Å². The van der Waals surface area contributed by atoms with Crippen LogP contribution >= 0.6 is 20.3 Å². The third-order valence-electron chi connectivity index (χ3n) is 1.68. The van der Waals surface area contributed by atoms with Crippen LogP contribution in [0.25, 0.3) is 0 Å². The third-order valence-corrected chi connectivity index (χ3v) is 2.98. The van der Waals surface area contributed by atoms with Gasteiger partial charge in [0.15, 0.2) is 0 Å². The monoisotopic (exact) mass is 267 g/mol. The van der Waals surface area contributed by atoms with Crippen molar-refractivity contribution in [1.29, 1.82) is 5.26 Å². The summed E-state index contributed by atoms with van der Waals surface area (Å²) in [5.74, 6) is 0. The van der Waals surface area contributed by atoms with Gasteiger partial charge < -0.3 is 4.52 Å². The number of halogens is 1.